The van der Waals surface area contributed by atoms with Crippen molar-refractivity contribution in [2.45, 2.75) is 0 Å². The van der Waals surface area contributed by atoms with Crippen LogP contribution in [-0.2, 0) is 0 Å². The summed E-state index contributed by atoms with van der Waals surface area (Å²) in [6, 6.07) is 13.6. The molecule has 0 aliphatic rings. The highest BCUT2D eigenvalue weighted by atomic mass is 35.5. The lowest BCUT2D eigenvalue weighted by atomic mass is 10.1. The fraction of sp³-hybridized carbons (Fsp3) is 0. The molecule has 0 unspecified atom stereocenters. The number of nitro benzene ring substituents is 1. The number of nitrogens with one attached hydrogen (secondary N) is 1. The first-order valence-corrected chi connectivity index (χ1v) is 9.40. The molecule has 0 aliphatic heterocycles. The summed E-state index contributed by atoms with van der Waals surface area (Å²) in [7, 11) is 0. The van der Waals surface area contributed by atoms with E-state index in [1.807, 2.05) is 0 Å². The lowest BCUT2D eigenvalue weighted by Crippen LogP contribution is -2.16. The standard InChI is InChI=1S/C20H11Cl3N2O5/c21-12-3-8-18(30-20(27)11-1-5-14(6-2-11)25(28)29)15(9-12)19(26)24-13-4-7-16(22)17(23)10-13/h1-10H,(H,24,26). The minimum Gasteiger partial charge on any atom is -0.422 e. The van der Waals surface area contributed by atoms with Crippen molar-refractivity contribution < 1.29 is 19.2 Å². The molecule has 0 aromatic heterocycles. The molecule has 152 valence electrons. The third-order valence-electron chi connectivity index (χ3n) is 3.88. The van der Waals surface area contributed by atoms with Crippen LogP contribution in [0.2, 0.25) is 15.1 Å². The molecule has 10 heteroatoms. The maximum atomic E-state index is 12.7. The molecule has 3 rings (SSSR count). The topological polar surface area (TPSA) is 98.5 Å². The Hall–Kier alpha value is -3.13. The zero-order valence-electron chi connectivity index (χ0n) is 14.9. The van der Waals surface area contributed by atoms with Crippen molar-refractivity contribution in [3.63, 3.8) is 0 Å². The van der Waals surface area contributed by atoms with Crippen LogP contribution in [0.5, 0.6) is 5.75 Å². The molecule has 1 amide bonds. The Labute approximate surface area is 185 Å². The summed E-state index contributed by atoms with van der Waals surface area (Å²) in [6.45, 7) is 0. The summed E-state index contributed by atoms with van der Waals surface area (Å²) < 4.78 is 5.31. The average Bonchev–Trinajstić information content (AvgIpc) is 2.72. The first-order valence-electron chi connectivity index (χ1n) is 8.27. The number of nitro groups is 1. The molecule has 1 N–H and O–H groups in total. The largest absolute Gasteiger partial charge is 0.422 e. The fourth-order valence-electron chi connectivity index (χ4n) is 2.42. The number of ether oxygens (including phenoxy) is 1. The summed E-state index contributed by atoms with van der Waals surface area (Å²) in [4.78, 5) is 35.3. The van der Waals surface area contributed by atoms with Crippen molar-refractivity contribution in [1.82, 2.24) is 0 Å². The Kier molecular flexibility index (Phi) is 6.56. The Morgan fingerprint density at radius 1 is 0.900 bits per heavy atom. The smallest absolute Gasteiger partial charge is 0.343 e. The first-order chi connectivity index (χ1) is 14.2. The first kappa shape index (κ1) is 21.6. The van der Waals surface area contributed by atoms with E-state index in [9.17, 15) is 19.7 Å². The van der Waals surface area contributed by atoms with Crippen LogP contribution in [0, 0.1) is 10.1 Å². The summed E-state index contributed by atoms with van der Waals surface area (Å²) in [5.74, 6) is -1.43. The molecule has 0 radical (unpaired) electrons. The number of amides is 1. The molecule has 0 bridgehead atoms. The zero-order chi connectivity index (χ0) is 21.8. The van der Waals surface area contributed by atoms with Gasteiger partial charge < -0.3 is 10.1 Å². The molecule has 0 atom stereocenters. The van der Waals surface area contributed by atoms with E-state index < -0.39 is 16.8 Å². The van der Waals surface area contributed by atoms with Crippen LogP contribution in [-0.4, -0.2) is 16.8 Å². The van der Waals surface area contributed by atoms with Crippen LogP contribution >= 0.6 is 34.8 Å². The van der Waals surface area contributed by atoms with E-state index in [4.69, 9.17) is 39.5 Å². The van der Waals surface area contributed by atoms with E-state index >= 15 is 0 Å². The Morgan fingerprint density at radius 2 is 1.60 bits per heavy atom. The number of carbonyl (C=O) groups excluding carboxylic acids is 2. The number of esters is 1. The van der Waals surface area contributed by atoms with Crippen LogP contribution in [0.3, 0.4) is 0 Å². The second-order valence-electron chi connectivity index (χ2n) is 5.92. The van der Waals surface area contributed by atoms with Gasteiger partial charge in [-0.1, -0.05) is 34.8 Å². The minimum atomic E-state index is -0.796. The third-order valence-corrected chi connectivity index (χ3v) is 4.85. The van der Waals surface area contributed by atoms with Gasteiger partial charge in [-0.15, -0.1) is 0 Å². The summed E-state index contributed by atoms with van der Waals surface area (Å²) in [6.07, 6.45) is 0. The maximum Gasteiger partial charge on any atom is 0.343 e. The quantitative estimate of drug-likeness (QED) is 0.215. The summed E-state index contributed by atoms with van der Waals surface area (Å²) >= 11 is 17.8. The maximum absolute atomic E-state index is 12.7. The number of hydrogen-bond donors (Lipinski definition) is 1. The number of non-ortho nitro benzene ring substituents is 1. The molecule has 3 aromatic rings. The lowest BCUT2D eigenvalue weighted by molar-refractivity contribution is -0.384. The van der Waals surface area contributed by atoms with Gasteiger partial charge in [-0.2, -0.15) is 0 Å². The minimum absolute atomic E-state index is 0.00355. The van der Waals surface area contributed by atoms with E-state index in [0.717, 1.165) is 0 Å². The van der Waals surface area contributed by atoms with Gasteiger partial charge >= 0.3 is 5.97 Å². The number of anilines is 1. The number of carbonyl (C=O) groups is 2. The number of benzene rings is 3. The predicted molar refractivity (Wildman–Crippen MR) is 114 cm³/mol. The zero-order valence-corrected chi connectivity index (χ0v) is 17.2. The molecule has 0 saturated carbocycles. The van der Waals surface area contributed by atoms with Gasteiger partial charge in [-0.3, -0.25) is 14.9 Å². The summed E-state index contributed by atoms with van der Waals surface area (Å²) in [5, 5.41) is 14.2. The molecule has 0 saturated heterocycles. The number of hydrogen-bond acceptors (Lipinski definition) is 5. The SMILES string of the molecule is O=C(Oc1ccc(Cl)cc1C(=O)Nc1ccc(Cl)c(Cl)c1)c1ccc([N+](=O)[O-])cc1. The molecule has 0 fully saturated rings. The van der Waals surface area contributed by atoms with Gasteiger partial charge in [0.2, 0.25) is 0 Å². The highest BCUT2D eigenvalue weighted by Gasteiger charge is 2.18. The van der Waals surface area contributed by atoms with Crippen molar-refractivity contribution >= 4 is 58.1 Å². The third kappa shape index (κ3) is 5.07. The van der Waals surface area contributed by atoms with Crippen LogP contribution in [0.15, 0.2) is 60.7 Å². The molecule has 0 spiro atoms. The van der Waals surface area contributed by atoms with Crippen molar-refractivity contribution in [2.75, 3.05) is 5.32 Å². The van der Waals surface area contributed by atoms with Gasteiger partial charge in [-0.25, -0.2) is 4.79 Å². The van der Waals surface area contributed by atoms with E-state index in [1.165, 1.54) is 54.6 Å². The van der Waals surface area contributed by atoms with Gasteiger partial charge in [-0.05, 0) is 48.5 Å². The molecule has 3 aromatic carbocycles. The second-order valence-corrected chi connectivity index (χ2v) is 7.17. The Balaban J connectivity index is 1.83. The van der Waals surface area contributed by atoms with E-state index in [2.05, 4.69) is 5.32 Å². The monoisotopic (exact) mass is 464 g/mol. The number of halogens is 3. The molecular weight excluding hydrogens is 455 g/mol. The fourth-order valence-corrected chi connectivity index (χ4v) is 2.89. The Bertz CT molecular complexity index is 1150. The highest BCUT2D eigenvalue weighted by molar-refractivity contribution is 6.42. The lowest BCUT2D eigenvalue weighted by Gasteiger charge is -2.12. The van der Waals surface area contributed by atoms with Crippen LogP contribution in [0.4, 0.5) is 11.4 Å². The van der Waals surface area contributed by atoms with Crippen molar-refractivity contribution in [1.29, 1.82) is 0 Å². The Morgan fingerprint density at radius 3 is 2.23 bits per heavy atom. The van der Waals surface area contributed by atoms with Crippen molar-refractivity contribution in [3.8, 4) is 5.75 Å². The van der Waals surface area contributed by atoms with E-state index in [0.29, 0.717) is 10.7 Å². The van der Waals surface area contributed by atoms with E-state index in [1.54, 1.807) is 6.07 Å². The number of nitrogens with zero attached hydrogens (tertiary/aromatic N) is 1. The van der Waals surface area contributed by atoms with Gasteiger partial charge in [0.05, 0.1) is 26.1 Å². The van der Waals surface area contributed by atoms with Crippen molar-refractivity contribution in [2.24, 2.45) is 0 Å². The van der Waals surface area contributed by atoms with Crippen LogP contribution in [0.25, 0.3) is 0 Å². The van der Waals surface area contributed by atoms with Gasteiger partial charge in [0, 0.05) is 22.8 Å². The van der Waals surface area contributed by atoms with Crippen LogP contribution < -0.4 is 10.1 Å². The summed E-state index contributed by atoms with van der Waals surface area (Å²) in [5.41, 5.74) is 0.289. The number of rotatable bonds is 5. The van der Waals surface area contributed by atoms with Gasteiger partial charge in [0.25, 0.3) is 11.6 Å². The van der Waals surface area contributed by atoms with Gasteiger partial charge in [0.15, 0.2) is 0 Å². The normalized spacial score (nSPS) is 10.4. The van der Waals surface area contributed by atoms with E-state index in [-0.39, 0.29) is 32.6 Å². The predicted octanol–water partition coefficient (Wildman–Crippen LogP) is 6.03. The average molecular weight is 466 g/mol. The van der Waals surface area contributed by atoms with Crippen LogP contribution in [0.1, 0.15) is 20.7 Å². The molecule has 0 aliphatic carbocycles. The molecular formula is C20H11Cl3N2O5. The molecule has 30 heavy (non-hydrogen) atoms. The molecule has 0 heterocycles. The molecule has 7 nitrogen and oxygen atoms in total. The van der Waals surface area contributed by atoms with Gasteiger partial charge in [0.1, 0.15) is 5.75 Å². The van der Waals surface area contributed by atoms with Crippen molar-refractivity contribution in [3.05, 3.63) is 97.0 Å². The highest BCUT2D eigenvalue weighted by Crippen LogP contribution is 2.28. The second kappa shape index (κ2) is 9.13.